The molecule has 0 spiro atoms. The van der Waals surface area contributed by atoms with E-state index >= 15 is 0 Å². The number of thiazole rings is 1. The third kappa shape index (κ3) is 4.38. The lowest BCUT2D eigenvalue weighted by Crippen LogP contribution is -2.26. The van der Waals surface area contributed by atoms with Crippen molar-refractivity contribution in [3.8, 4) is 11.5 Å². The number of rotatable bonds is 6. The van der Waals surface area contributed by atoms with Crippen LogP contribution in [-0.2, 0) is 6.54 Å². The molecular formula is C15H16F2N2O3S. The monoisotopic (exact) mass is 342 g/mol. The molecule has 0 saturated heterocycles. The second-order valence-electron chi connectivity index (χ2n) is 4.78. The molecule has 5 nitrogen and oxygen atoms in total. The van der Waals surface area contributed by atoms with Crippen LogP contribution in [0.1, 0.15) is 21.1 Å². The van der Waals surface area contributed by atoms with Crippen LogP contribution >= 0.6 is 11.3 Å². The van der Waals surface area contributed by atoms with E-state index in [1.165, 1.54) is 35.5 Å². The number of aryl methyl sites for hydroxylation is 1. The number of nitrogens with zero attached hydrogens (tertiary/aromatic N) is 2. The van der Waals surface area contributed by atoms with Gasteiger partial charge in [0.2, 0.25) is 0 Å². The molecule has 0 N–H and O–H groups in total. The van der Waals surface area contributed by atoms with E-state index in [4.69, 9.17) is 4.74 Å². The molecule has 0 radical (unpaired) electrons. The molecule has 0 bridgehead atoms. The Morgan fingerprint density at radius 2 is 2.13 bits per heavy atom. The number of benzene rings is 1. The first-order chi connectivity index (χ1) is 10.9. The highest BCUT2D eigenvalue weighted by Gasteiger charge is 2.17. The average Bonchev–Trinajstić information content (AvgIpc) is 2.92. The Morgan fingerprint density at radius 3 is 2.70 bits per heavy atom. The van der Waals surface area contributed by atoms with Gasteiger partial charge in [0.15, 0.2) is 11.5 Å². The van der Waals surface area contributed by atoms with Gasteiger partial charge in [0, 0.05) is 19.0 Å². The van der Waals surface area contributed by atoms with Gasteiger partial charge in [0.25, 0.3) is 5.91 Å². The lowest BCUT2D eigenvalue weighted by Gasteiger charge is -2.17. The fourth-order valence-electron chi connectivity index (χ4n) is 2.01. The number of halogens is 2. The quantitative estimate of drug-likeness (QED) is 0.808. The molecule has 1 aromatic carbocycles. The standard InChI is InChI=1S/C15H16F2N2O3S/c1-9-18-11(8-23-9)14(20)19(2)7-10-4-5-12(21-3)13(6-10)22-15(16)17/h4-6,8,15H,7H2,1-3H3. The molecule has 0 aliphatic carbocycles. The van der Waals surface area contributed by atoms with Gasteiger partial charge >= 0.3 is 6.61 Å². The predicted octanol–water partition coefficient (Wildman–Crippen LogP) is 3.33. The molecule has 2 aromatic rings. The highest BCUT2D eigenvalue weighted by atomic mass is 32.1. The Kier molecular flexibility index (Phi) is 5.49. The molecule has 124 valence electrons. The number of alkyl halides is 2. The maximum absolute atomic E-state index is 12.4. The van der Waals surface area contributed by atoms with Crippen molar-refractivity contribution in [2.24, 2.45) is 0 Å². The number of hydrogen-bond donors (Lipinski definition) is 0. The maximum atomic E-state index is 12.4. The van der Waals surface area contributed by atoms with E-state index in [0.717, 1.165) is 5.01 Å². The zero-order chi connectivity index (χ0) is 17.0. The summed E-state index contributed by atoms with van der Waals surface area (Å²) in [6.45, 7) is -0.894. The van der Waals surface area contributed by atoms with Crippen molar-refractivity contribution in [1.82, 2.24) is 9.88 Å². The Labute approximate surface area is 136 Å². The number of carbonyl (C=O) groups excluding carboxylic acids is 1. The summed E-state index contributed by atoms with van der Waals surface area (Å²) in [6, 6.07) is 4.65. The van der Waals surface area contributed by atoms with Gasteiger partial charge in [-0.3, -0.25) is 4.79 Å². The van der Waals surface area contributed by atoms with Gasteiger partial charge in [-0.25, -0.2) is 4.98 Å². The van der Waals surface area contributed by atoms with Crippen LogP contribution in [0.5, 0.6) is 11.5 Å². The smallest absolute Gasteiger partial charge is 0.387 e. The summed E-state index contributed by atoms with van der Waals surface area (Å²) in [5.41, 5.74) is 1.01. The van der Waals surface area contributed by atoms with Gasteiger partial charge in [-0.1, -0.05) is 6.07 Å². The molecule has 1 amide bonds. The van der Waals surface area contributed by atoms with Crippen molar-refractivity contribution < 1.29 is 23.0 Å². The Balaban J connectivity index is 2.14. The zero-order valence-corrected chi connectivity index (χ0v) is 13.7. The predicted molar refractivity (Wildman–Crippen MR) is 82.3 cm³/mol. The van der Waals surface area contributed by atoms with Crippen LogP contribution in [0.4, 0.5) is 8.78 Å². The van der Waals surface area contributed by atoms with Crippen molar-refractivity contribution in [2.75, 3.05) is 14.2 Å². The molecule has 1 heterocycles. The lowest BCUT2D eigenvalue weighted by atomic mass is 10.2. The van der Waals surface area contributed by atoms with Gasteiger partial charge in [-0.15, -0.1) is 11.3 Å². The summed E-state index contributed by atoms with van der Waals surface area (Å²) >= 11 is 1.39. The first-order valence-corrected chi connectivity index (χ1v) is 7.58. The Bertz CT molecular complexity index is 691. The molecule has 1 aromatic heterocycles. The molecule has 8 heteroatoms. The van der Waals surface area contributed by atoms with E-state index in [1.807, 2.05) is 6.92 Å². The highest BCUT2D eigenvalue weighted by Crippen LogP contribution is 2.30. The number of methoxy groups -OCH3 is 1. The topological polar surface area (TPSA) is 51.7 Å². The second kappa shape index (κ2) is 7.36. The largest absolute Gasteiger partial charge is 0.493 e. The third-order valence-corrected chi connectivity index (χ3v) is 3.82. The van der Waals surface area contributed by atoms with E-state index in [1.54, 1.807) is 18.5 Å². The second-order valence-corrected chi connectivity index (χ2v) is 5.84. The average molecular weight is 342 g/mol. The molecular weight excluding hydrogens is 326 g/mol. The molecule has 0 fully saturated rings. The minimum absolute atomic E-state index is 0.0645. The molecule has 0 aliphatic heterocycles. The summed E-state index contributed by atoms with van der Waals surface area (Å²) in [5, 5.41) is 2.49. The van der Waals surface area contributed by atoms with E-state index in [9.17, 15) is 13.6 Å². The summed E-state index contributed by atoms with van der Waals surface area (Å²) in [7, 11) is 2.99. The van der Waals surface area contributed by atoms with Crippen molar-refractivity contribution in [1.29, 1.82) is 0 Å². The van der Waals surface area contributed by atoms with E-state index in [-0.39, 0.29) is 24.0 Å². The van der Waals surface area contributed by atoms with Gasteiger partial charge < -0.3 is 14.4 Å². The fourth-order valence-corrected chi connectivity index (χ4v) is 2.60. The van der Waals surface area contributed by atoms with Crippen LogP contribution in [0, 0.1) is 6.92 Å². The minimum Gasteiger partial charge on any atom is -0.493 e. The normalized spacial score (nSPS) is 10.7. The molecule has 0 saturated carbocycles. The van der Waals surface area contributed by atoms with Crippen LogP contribution in [0.25, 0.3) is 0 Å². The number of aromatic nitrogens is 1. The van der Waals surface area contributed by atoms with Crippen LogP contribution in [0.2, 0.25) is 0 Å². The van der Waals surface area contributed by atoms with Gasteiger partial charge in [-0.05, 0) is 24.6 Å². The van der Waals surface area contributed by atoms with Crippen LogP contribution in [0.3, 0.4) is 0 Å². The fraction of sp³-hybridized carbons (Fsp3) is 0.333. The lowest BCUT2D eigenvalue weighted by molar-refractivity contribution is -0.0512. The van der Waals surface area contributed by atoms with Gasteiger partial charge in [0.05, 0.1) is 12.1 Å². The molecule has 2 rings (SSSR count). The maximum Gasteiger partial charge on any atom is 0.387 e. The zero-order valence-electron chi connectivity index (χ0n) is 12.9. The molecule has 23 heavy (non-hydrogen) atoms. The summed E-state index contributed by atoms with van der Waals surface area (Å²) in [4.78, 5) is 17.8. The molecule has 0 atom stereocenters. The van der Waals surface area contributed by atoms with Gasteiger partial charge in [-0.2, -0.15) is 8.78 Å². The van der Waals surface area contributed by atoms with Crippen molar-refractivity contribution >= 4 is 17.2 Å². The summed E-state index contributed by atoms with van der Waals surface area (Å²) < 4.78 is 34.3. The highest BCUT2D eigenvalue weighted by molar-refractivity contribution is 7.09. The number of ether oxygens (including phenoxy) is 2. The van der Waals surface area contributed by atoms with Crippen LogP contribution in [-0.4, -0.2) is 36.6 Å². The Morgan fingerprint density at radius 1 is 1.39 bits per heavy atom. The van der Waals surface area contributed by atoms with Crippen LogP contribution in [0.15, 0.2) is 23.6 Å². The molecule has 0 aliphatic rings. The first-order valence-electron chi connectivity index (χ1n) is 6.70. The van der Waals surface area contributed by atoms with Crippen molar-refractivity contribution in [3.63, 3.8) is 0 Å². The van der Waals surface area contributed by atoms with Crippen LogP contribution < -0.4 is 9.47 Å². The number of carbonyl (C=O) groups is 1. The number of hydrogen-bond acceptors (Lipinski definition) is 5. The van der Waals surface area contributed by atoms with Crippen molar-refractivity contribution in [2.45, 2.75) is 20.1 Å². The van der Waals surface area contributed by atoms with E-state index < -0.39 is 6.61 Å². The molecule has 0 unspecified atom stereocenters. The van der Waals surface area contributed by atoms with Crippen molar-refractivity contribution in [3.05, 3.63) is 39.8 Å². The summed E-state index contributed by atoms with van der Waals surface area (Å²) in [6.07, 6.45) is 0. The van der Waals surface area contributed by atoms with Gasteiger partial charge in [0.1, 0.15) is 5.69 Å². The third-order valence-electron chi connectivity index (χ3n) is 3.05. The minimum atomic E-state index is -2.95. The Hall–Kier alpha value is -2.22. The SMILES string of the molecule is COc1ccc(CN(C)C(=O)c2csc(C)n2)cc1OC(F)F. The summed E-state index contributed by atoms with van der Waals surface area (Å²) in [5.74, 6) is -0.0926. The number of amides is 1. The van der Waals surface area contributed by atoms with E-state index in [0.29, 0.717) is 11.3 Å². The first kappa shape index (κ1) is 17.1. The van der Waals surface area contributed by atoms with E-state index in [2.05, 4.69) is 9.72 Å².